The van der Waals surface area contributed by atoms with Crippen molar-refractivity contribution in [3.8, 4) is 40.2 Å². The van der Waals surface area contributed by atoms with Gasteiger partial charge < -0.3 is 85.0 Å². The molecule has 0 bridgehead atoms. The summed E-state index contributed by atoms with van der Waals surface area (Å²) in [5.74, 6) is -6.24. The number of halogens is 7. The Morgan fingerprint density at radius 1 is 0.417 bits per heavy atom. The molecule has 0 aliphatic carbocycles. The number of anilines is 12. The van der Waals surface area contributed by atoms with Gasteiger partial charge in [-0.15, -0.1) is 0 Å². The Kier molecular flexibility index (Phi) is 31.7. The van der Waals surface area contributed by atoms with Gasteiger partial charge in [-0.3, -0.25) is 42.5 Å². The van der Waals surface area contributed by atoms with Crippen LogP contribution in [0.1, 0.15) is 0 Å². The lowest BCUT2D eigenvalue weighted by molar-refractivity contribution is -0.112. The Morgan fingerprint density at radius 3 is 1.13 bits per heavy atom. The number of carbonyl (C=O) groups is 3. The highest BCUT2D eigenvalue weighted by Crippen LogP contribution is 2.43. The molecule has 0 radical (unpaired) electrons. The van der Waals surface area contributed by atoms with Gasteiger partial charge >= 0.3 is 0 Å². The molecule has 32 nitrogen and oxygen atoms in total. The maximum atomic E-state index is 14.2. The number of hydrogen-bond donors (Lipinski definition) is 6. The van der Waals surface area contributed by atoms with E-state index in [0.29, 0.717) is 116 Å². The van der Waals surface area contributed by atoms with Gasteiger partial charge in [0.15, 0.2) is 28.9 Å². The first-order valence-electron chi connectivity index (χ1n) is 38.5. The highest BCUT2D eigenvalue weighted by Gasteiger charge is 2.25. The van der Waals surface area contributed by atoms with Crippen LogP contribution in [0.25, 0.3) is 33.1 Å². The third kappa shape index (κ3) is 23.8. The maximum Gasteiger partial charge on any atom is 0.294 e. The van der Waals surface area contributed by atoms with Gasteiger partial charge in [-0.25, -0.2) is 41.3 Å². The maximum absolute atomic E-state index is 14.2. The molecule has 6 aromatic heterocycles. The number of aryl methyl sites for hydroxylation is 3. The predicted octanol–water partition coefficient (Wildman–Crippen LogP) is 13.8. The number of nitrogens with one attached hydrogen (secondary N) is 6. The van der Waals surface area contributed by atoms with E-state index in [1.54, 1.807) is 56.6 Å². The molecular formula is C87H92ClF6N21O11S. The number of carbonyl (C=O) groups excluding carboxylic acids is 3. The van der Waals surface area contributed by atoms with Gasteiger partial charge in [0.1, 0.15) is 63.2 Å². The first-order valence-corrected chi connectivity index (χ1v) is 39.7. The second kappa shape index (κ2) is 42.4. The van der Waals surface area contributed by atoms with E-state index in [0.717, 1.165) is 71.6 Å². The Morgan fingerprint density at radius 2 is 0.780 bits per heavy atom. The number of fused-ring (bicyclic) bond motifs is 3. The van der Waals surface area contributed by atoms with Gasteiger partial charge in [-0.05, 0) is 121 Å². The zero-order valence-electron chi connectivity index (χ0n) is 71.9. The molecule has 6 heterocycles. The lowest BCUT2D eigenvalue weighted by Gasteiger charge is -2.26. The molecule has 40 heteroatoms. The van der Waals surface area contributed by atoms with E-state index in [2.05, 4.69) is 91.3 Å². The van der Waals surface area contributed by atoms with Crippen LogP contribution in [-0.2, 0) is 35.5 Å². The molecule has 6 N–H and O–H groups in total. The fraction of sp³-hybridized carbons (Fsp3) is 0.241. The number of benzene rings is 6. The van der Waals surface area contributed by atoms with Gasteiger partial charge in [0, 0.05) is 164 Å². The van der Waals surface area contributed by atoms with Gasteiger partial charge in [-0.1, -0.05) is 43.1 Å². The fourth-order valence-electron chi connectivity index (χ4n) is 12.2. The summed E-state index contributed by atoms with van der Waals surface area (Å²) in [7, 11) is 26.6. The van der Waals surface area contributed by atoms with Crippen LogP contribution in [0.2, 0.25) is 5.02 Å². The van der Waals surface area contributed by atoms with Crippen molar-refractivity contribution in [2.75, 3.05) is 171 Å². The molecule has 0 unspecified atom stereocenters. The first-order chi connectivity index (χ1) is 60.4. The van der Waals surface area contributed by atoms with E-state index in [1.807, 2.05) is 83.0 Å². The van der Waals surface area contributed by atoms with Crippen molar-refractivity contribution >= 4 is 143 Å². The summed E-state index contributed by atoms with van der Waals surface area (Å²) in [6, 6.07) is 22.6. The highest BCUT2D eigenvalue weighted by molar-refractivity contribution is 7.99. The van der Waals surface area contributed by atoms with E-state index in [-0.39, 0.29) is 61.6 Å². The van der Waals surface area contributed by atoms with Crippen LogP contribution >= 0.6 is 23.4 Å². The SMILES string of the molecule is C=CC(=O)Nc1cc(Nc2ncc3cc(Oc4c(F)cc(F)cc4F)c(=O)n(C)c3n2)c(OC)cc1N(C)CCN(C)C.C=CC(=O)Nc1cc(Nc2ncc3cc(Oc4ccc(F)c(Cl)c4)c(=O)n(C)c3n2)c(OC)cc1N(C)CCN(C)C.C=CC(=O)Nc1cc(Nc2ncc3cc(Sc4ccc(F)cc4F)c(=O)n(C)c3n2)c(OC)cc1N(C)CCN(C)C. The lowest BCUT2D eigenvalue weighted by Crippen LogP contribution is -2.29. The number of ether oxygens (including phenoxy) is 5. The van der Waals surface area contributed by atoms with Crippen LogP contribution in [-0.4, -0.2) is 200 Å². The van der Waals surface area contributed by atoms with Crippen LogP contribution in [0, 0.1) is 34.9 Å². The van der Waals surface area contributed by atoms with Crippen molar-refractivity contribution in [2.45, 2.75) is 9.79 Å². The Hall–Kier alpha value is -14.3. The van der Waals surface area contributed by atoms with Crippen molar-refractivity contribution in [1.82, 2.24) is 58.3 Å². The molecule has 127 heavy (non-hydrogen) atoms. The Bertz CT molecular complexity index is 6360. The van der Waals surface area contributed by atoms with E-state index in [1.165, 1.54) is 98.6 Å². The summed E-state index contributed by atoms with van der Waals surface area (Å²) >= 11 is 6.74. The predicted molar refractivity (Wildman–Crippen MR) is 483 cm³/mol. The van der Waals surface area contributed by atoms with Gasteiger partial charge in [0.2, 0.25) is 35.6 Å². The van der Waals surface area contributed by atoms with Crippen LogP contribution in [0.5, 0.6) is 40.2 Å². The molecule has 0 atom stereocenters. The van der Waals surface area contributed by atoms with E-state index < -0.39 is 69.0 Å². The molecule has 12 aromatic rings. The van der Waals surface area contributed by atoms with Crippen molar-refractivity contribution in [3.63, 3.8) is 0 Å². The standard InChI is InChI=1S/C29H31ClFN7O4.C29H30F3N7O4.C29H31F2N7O3S/c1-7-26(39)33-21-14-22(24(41-6)15-23(21)37(4)11-10-36(2)3)34-29-32-16-17-12-25(28(40)38(5)27(17)35-29)42-18-8-9-20(31)19(30)13-18;1-7-25(40)34-20-13-21(23(42-6)14-22(20)38(4)9-8-37(2)3)35-29-33-15-16-10-24(28(41)39(5)27(16)36-29)43-26-18(31)11-17(30)12-19(26)32;1-7-26(39)33-20-14-21(23(41-6)15-22(20)37(4)11-10-36(2)3)34-29-32-16-17-12-25(28(40)38(5)27(17)35-29)42-24-9-8-18(30)13-19(24)31/h7-9,12-16H,1,10-11H2,2-6H3,(H,33,39)(H,32,34,35);7,10-15H,1,8-9H2,2-6H3,(H,34,40)(H,33,35,36);7-9,12-16H,1,10-11H2,2-6H3,(H,33,39)(H,32,34,35). The quantitative estimate of drug-likeness (QED) is 0.0164. The number of amides is 3. The highest BCUT2D eigenvalue weighted by atomic mass is 35.5. The van der Waals surface area contributed by atoms with E-state index in [9.17, 15) is 55.1 Å². The second-order valence-corrected chi connectivity index (χ2v) is 30.5. The zero-order valence-corrected chi connectivity index (χ0v) is 73.5. The smallest absolute Gasteiger partial charge is 0.294 e. The minimum Gasteiger partial charge on any atom is -0.494 e. The summed E-state index contributed by atoms with van der Waals surface area (Å²) in [5.41, 5.74) is 4.29. The summed E-state index contributed by atoms with van der Waals surface area (Å²) in [6.07, 6.45) is 7.98. The first kappa shape index (κ1) is 95.0. The number of nitrogens with zero attached hydrogens (tertiary/aromatic N) is 15. The number of methoxy groups -OCH3 is 3. The molecule has 0 saturated carbocycles. The minimum atomic E-state index is -1.30. The molecule has 666 valence electrons. The number of rotatable bonds is 33. The third-order valence-electron chi connectivity index (χ3n) is 19.1. The van der Waals surface area contributed by atoms with Crippen molar-refractivity contribution < 1.29 is 64.4 Å². The summed E-state index contributed by atoms with van der Waals surface area (Å²) in [6.45, 7) is 15.0. The normalized spacial score (nSPS) is 11.0. The van der Waals surface area contributed by atoms with Crippen LogP contribution in [0.15, 0.2) is 184 Å². The molecule has 0 aliphatic heterocycles. The van der Waals surface area contributed by atoms with Crippen molar-refractivity contribution in [2.24, 2.45) is 21.1 Å². The van der Waals surface area contributed by atoms with Gasteiger partial charge in [-0.2, -0.15) is 15.0 Å². The van der Waals surface area contributed by atoms with Crippen LogP contribution in [0.3, 0.4) is 0 Å². The molecule has 12 rings (SSSR count). The molecule has 0 spiro atoms. The summed E-state index contributed by atoms with van der Waals surface area (Å²) < 4.78 is 114. The largest absolute Gasteiger partial charge is 0.494 e. The monoisotopic (exact) mass is 1790 g/mol. The third-order valence-corrected chi connectivity index (χ3v) is 20.4. The minimum absolute atomic E-state index is 0.00442. The molecule has 0 fully saturated rings. The zero-order chi connectivity index (χ0) is 92.5. The van der Waals surface area contributed by atoms with Crippen molar-refractivity contribution in [1.29, 1.82) is 0 Å². The molecular weight excluding hydrogens is 1700 g/mol. The number of likely N-dealkylation sites (N-methyl/N-ethyl adjacent to an activating group) is 6. The topological polar surface area (TPSA) is 332 Å². The second-order valence-electron chi connectivity index (χ2n) is 29.0. The lowest BCUT2D eigenvalue weighted by atomic mass is 10.2. The molecule has 3 amide bonds. The Balaban J connectivity index is 0.000000199. The molecule has 6 aromatic carbocycles. The van der Waals surface area contributed by atoms with E-state index >= 15 is 0 Å². The Labute approximate surface area is 734 Å². The van der Waals surface area contributed by atoms with Gasteiger partial charge in [0.05, 0.1) is 82.4 Å². The van der Waals surface area contributed by atoms with E-state index in [4.69, 9.17) is 35.3 Å². The molecule has 0 aliphatic rings. The number of pyridine rings is 3. The van der Waals surface area contributed by atoms with Crippen LogP contribution in [0.4, 0.5) is 95.4 Å². The number of hydrogen-bond acceptors (Lipinski definition) is 27. The fourth-order valence-corrected chi connectivity index (χ4v) is 13.3. The molecule has 0 saturated heterocycles. The van der Waals surface area contributed by atoms with Crippen molar-refractivity contribution in [3.05, 3.63) is 231 Å². The number of aromatic nitrogens is 9. The average molecular weight is 1790 g/mol. The van der Waals surface area contributed by atoms with Crippen LogP contribution < -0.4 is 87.0 Å². The summed E-state index contributed by atoms with van der Waals surface area (Å²) in [5, 5.41) is 19.0. The average Bonchev–Trinajstić information content (AvgIpc) is 0.700. The summed E-state index contributed by atoms with van der Waals surface area (Å²) in [4.78, 5) is 115. The van der Waals surface area contributed by atoms with Gasteiger partial charge in [0.25, 0.3) is 16.7 Å².